The first-order valence-electron chi connectivity index (χ1n) is 9.97. The van der Waals surface area contributed by atoms with Gasteiger partial charge < -0.3 is 5.32 Å². The maximum atomic E-state index is 13.0. The zero-order valence-electron chi connectivity index (χ0n) is 17.7. The van der Waals surface area contributed by atoms with Crippen molar-refractivity contribution in [1.29, 1.82) is 0 Å². The summed E-state index contributed by atoms with van der Waals surface area (Å²) in [6.07, 6.45) is -3.34. The minimum absolute atomic E-state index is 0.0771. The van der Waals surface area contributed by atoms with E-state index in [2.05, 4.69) is 20.6 Å². The van der Waals surface area contributed by atoms with Crippen LogP contribution in [0, 0.1) is 0 Å². The van der Waals surface area contributed by atoms with Crippen LogP contribution in [-0.4, -0.2) is 36.2 Å². The number of anilines is 1. The Morgan fingerprint density at radius 2 is 1.85 bits per heavy atom. The summed E-state index contributed by atoms with van der Waals surface area (Å²) in [6, 6.07) is 11.1. The average molecular weight is 470 g/mol. The monoisotopic (exact) mass is 470 g/mol. The zero-order chi connectivity index (χ0) is 24.5. The molecule has 4 rings (SSSR count). The number of ketones is 1. The Hall–Kier alpha value is -4.35. The number of amides is 1. The van der Waals surface area contributed by atoms with Crippen molar-refractivity contribution in [1.82, 2.24) is 24.5 Å². The van der Waals surface area contributed by atoms with E-state index in [4.69, 9.17) is 0 Å². The number of rotatable bonds is 6. The molecular formula is C22H17F3N6O3. The molecule has 4 aromatic rings. The largest absolute Gasteiger partial charge is 0.416 e. The second kappa shape index (κ2) is 8.89. The highest BCUT2D eigenvalue weighted by molar-refractivity contribution is 5.97. The van der Waals surface area contributed by atoms with E-state index in [1.54, 1.807) is 18.2 Å². The van der Waals surface area contributed by atoms with Crippen LogP contribution in [0.2, 0.25) is 0 Å². The zero-order valence-corrected chi connectivity index (χ0v) is 17.7. The number of nitrogens with zero attached hydrogens (tertiary/aromatic N) is 5. The minimum atomic E-state index is -4.49. The number of hydrogen-bond donors (Lipinski definition) is 1. The van der Waals surface area contributed by atoms with Crippen LogP contribution in [0.3, 0.4) is 0 Å². The van der Waals surface area contributed by atoms with Crippen molar-refractivity contribution >= 4 is 28.5 Å². The number of aromatic nitrogens is 5. The lowest BCUT2D eigenvalue weighted by Crippen LogP contribution is -2.28. The van der Waals surface area contributed by atoms with Gasteiger partial charge in [0.15, 0.2) is 16.9 Å². The van der Waals surface area contributed by atoms with Gasteiger partial charge in [0.2, 0.25) is 5.91 Å². The summed E-state index contributed by atoms with van der Waals surface area (Å²) >= 11 is 0. The quantitative estimate of drug-likeness (QED) is 0.434. The summed E-state index contributed by atoms with van der Waals surface area (Å²) in [6.45, 7) is 0.956. The van der Waals surface area contributed by atoms with Crippen molar-refractivity contribution in [2.75, 3.05) is 5.32 Å². The Balaban J connectivity index is 1.53. The van der Waals surface area contributed by atoms with E-state index in [0.29, 0.717) is 16.8 Å². The lowest BCUT2D eigenvalue weighted by Gasteiger charge is -2.09. The topological polar surface area (TPSA) is 112 Å². The molecule has 2 aromatic heterocycles. The van der Waals surface area contributed by atoms with Gasteiger partial charge in [0.1, 0.15) is 12.9 Å². The van der Waals surface area contributed by atoms with Gasteiger partial charge in [-0.2, -0.15) is 13.2 Å². The normalized spacial score (nSPS) is 11.5. The van der Waals surface area contributed by atoms with E-state index < -0.39 is 23.2 Å². The van der Waals surface area contributed by atoms with E-state index in [1.165, 1.54) is 29.8 Å². The lowest BCUT2D eigenvalue weighted by molar-refractivity contribution is -0.137. The van der Waals surface area contributed by atoms with Crippen LogP contribution in [0.15, 0.2) is 59.7 Å². The van der Waals surface area contributed by atoms with E-state index in [1.807, 2.05) is 0 Å². The van der Waals surface area contributed by atoms with Gasteiger partial charge >= 0.3 is 6.18 Å². The highest BCUT2D eigenvalue weighted by Gasteiger charge is 2.30. The SMILES string of the molecule is CC(=O)c1cccc(NC(=O)Cn2cnc3c(nnn3Cc3cccc(C(F)(F)F)c3)c2=O)c1. The number of halogens is 3. The third-order valence-electron chi connectivity index (χ3n) is 4.95. The van der Waals surface area contributed by atoms with Crippen molar-refractivity contribution < 1.29 is 22.8 Å². The van der Waals surface area contributed by atoms with Crippen molar-refractivity contribution in [3.63, 3.8) is 0 Å². The molecule has 1 amide bonds. The van der Waals surface area contributed by atoms with Crippen LogP contribution in [-0.2, 0) is 24.1 Å². The van der Waals surface area contributed by atoms with Gasteiger partial charge in [0.25, 0.3) is 5.56 Å². The maximum Gasteiger partial charge on any atom is 0.416 e. The van der Waals surface area contributed by atoms with Crippen molar-refractivity contribution in [2.24, 2.45) is 0 Å². The molecule has 34 heavy (non-hydrogen) atoms. The molecule has 0 spiro atoms. The molecule has 174 valence electrons. The van der Waals surface area contributed by atoms with Gasteiger partial charge in [0.05, 0.1) is 12.1 Å². The molecule has 0 fully saturated rings. The molecule has 0 saturated heterocycles. The highest BCUT2D eigenvalue weighted by atomic mass is 19.4. The fourth-order valence-electron chi connectivity index (χ4n) is 3.30. The second-order valence-corrected chi connectivity index (χ2v) is 7.48. The minimum Gasteiger partial charge on any atom is -0.325 e. The summed E-state index contributed by atoms with van der Waals surface area (Å²) in [5.74, 6) is -0.685. The van der Waals surface area contributed by atoms with Crippen LogP contribution in [0.1, 0.15) is 28.4 Å². The van der Waals surface area contributed by atoms with Crippen LogP contribution in [0.5, 0.6) is 0 Å². The Kier molecular flexibility index (Phi) is 5.97. The van der Waals surface area contributed by atoms with Gasteiger partial charge in [-0.25, -0.2) is 9.67 Å². The number of alkyl halides is 3. The average Bonchev–Trinajstić information content (AvgIpc) is 3.19. The molecule has 12 heteroatoms. The Bertz CT molecular complexity index is 1460. The third kappa shape index (κ3) is 4.85. The van der Waals surface area contributed by atoms with Gasteiger partial charge in [0, 0.05) is 11.3 Å². The number of Topliss-reactive ketones (excluding diaryl/α,β-unsaturated/α-hetero) is 1. The molecular weight excluding hydrogens is 453 g/mol. The van der Waals surface area contributed by atoms with Crippen LogP contribution >= 0.6 is 0 Å². The van der Waals surface area contributed by atoms with Gasteiger partial charge in [-0.1, -0.05) is 29.5 Å². The molecule has 0 aliphatic rings. The van der Waals surface area contributed by atoms with E-state index in [9.17, 15) is 27.6 Å². The molecule has 2 heterocycles. The molecule has 0 aliphatic carbocycles. The molecule has 0 unspecified atom stereocenters. The molecule has 0 bridgehead atoms. The van der Waals surface area contributed by atoms with Crippen molar-refractivity contribution in [2.45, 2.75) is 26.2 Å². The van der Waals surface area contributed by atoms with Crippen LogP contribution < -0.4 is 10.9 Å². The van der Waals surface area contributed by atoms with Crippen molar-refractivity contribution in [3.8, 4) is 0 Å². The number of carbonyl (C=O) groups is 2. The smallest absolute Gasteiger partial charge is 0.325 e. The maximum absolute atomic E-state index is 13.0. The summed E-state index contributed by atoms with van der Waals surface area (Å²) in [5, 5.41) is 10.2. The summed E-state index contributed by atoms with van der Waals surface area (Å²) in [4.78, 5) is 40.7. The molecule has 0 saturated carbocycles. The standard InChI is InChI=1S/C22H17F3N6O3/c1-13(32)15-5-3-7-17(9-15)27-18(33)11-30-12-26-20-19(21(30)34)28-29-31(20)10-14-4-2-6-16(8-14)22(23,24)25/h2-9,12H,10-11H2,1H3,(H,27,33). The number of carbonyl (C=O) groups excluding carboxylic acids is 2. The molecule has 1 N–H and O–H groups in total. The number of benzene rings is 2. The summed E-state index contributed by atoms with van der Waals surface area (Å²) in [7, 11) is 0. The van der Waals surface area contributed by atoms with E-state index in [-0.39, 0.29) is 30.0 Å². The Morgan fingerprint density at radius 3 is 2.59 bits per heavy atom. The van der Waals surface area contributed by atoms with Crippen LogP contribution in [0.4, 0.5) is 18.9 Å². The Labute approximate surface area is 189 Å². The molecule has 9 nitrogen and oxygen atoms in total. The van der Waals surface area contributed by atoms with Gasteiger partial charge in [-0.05, 0) is 36.8 Å². The van der Waals surface area contributed by atoms with Crippen LogP contribution in [0.25, 0.3) is 11.2 Å². The molecule has 0 radical (unpaired) electrons. The first-order valence-corrected chi connectivity index (χ1v) is 9.97. The second-order valence-electron chi connectivity index (χ2n) is 7.48. The van der Waals surface area contributed by atoms with E-state index in [0.717, 1.165) is 23.0 Å². The molecule has 0 aliphatic heterocycles. The number of nitrogens with one attached hydrogen (secondary N) is 1. The summed E-state index contributed by atoms with van der Waals surface area (Å²) < 4.78 is 41.1. The van der Waals surface area contributed by atoms with Gasteiger partial charge in [-0.15, -0.1) is 5.10 Å². The van der Waals surface area contributed by atoms with Gasteiger partial charge in [-0.3, -0.25) is 19.0 Å². The predicted molar refractivity (Wildman–Crippen MR) is 115 cm³/mol. The first kappa shape index (κ1) is 22.8. The molecule has 0 atom stereocenters. The first-order chi connectivity index (χ1) is 16.1. The predicted octanol–water partition coefficient (Wildman–Crippen LogP) is 2.90. The van der Waals surface area contributed by atoms with Crippen molar-refractivity contribution in [3.05, 3.63) is 81.9 Å². The molecule has 2 aromatic carbocycles. The lowest BCUT2D eigenvalue weighted by atomic mass is 10.1. The fraction of sp³-hybridized carbons (Fsp3) is 0.182. The summed E-state index contributed by atoms with van der Waals surface area (Å²) in [5.41, 5.74) is -0.353. The highest BCUT2D eigenvalue weighted by Crippen LogP contribution is 2.29. The number of hydrogen-bond acceptors (Lipinski definition) is 6. The number of fused-ring (bicyclic) bond motifs is 1. The van der Waals surface area contributed by atoms with E-state index >= 15 is 0 Å². The fourth-order valence-corrected chi connectivity index (χ4v) is 3.30. The Morgan fingerprint density at radius 1 is 1.09 bits per heavy atom. The third-order valence-corrected chi connectivity index (χ3v) is 4.95.